The molecule has 1 unspecified atom stereocenters. The van der Waals surface area contributed by atoms with Gasteiger partial charge in [-0.3, -0.25) is 4.79 Å². The maximum Gasteiger partial charge on any atom is 0.326 e. The Morgan fingerprint density at radius 1 is 1.53 bits per heavy atom. The van der Waals surface area contributed by atoms with Gasteiger partial charge >= 0.3 is 5.97 Å². The zero-order valence-corrected chi connectivity index (χ0v) is 10.7. The number of aliphatic carboxylic acids is 1. The van der Waals surface area contributed by atoms with Crippen LogP contribution in [0.1, 0.15) is 17.5 Å². The first-order chi connectivity index (χ1) is 8.97. The predicted molar refractivity (Wildman–Crippen MR) is 68.6 cm³/mol. The van der Waals surface area contributed by atoms with Gasteiger partial charge in [0.25, 0.3) is 0 Å². The highest BCUT2D eigenvalue weighted by atomic mass is 16.4. The zero-order valence-electron chi connectivity index (χ0n) is 10.7. The van der Waals surface area contributed by atoms with E-state index in [-0.39, 0.29) is 25.3 Å². The average molecular weight is 263 g/mol. The van der Waals surface area contributed by atoms with Crippen LogP contribution in [0.15, 0.2) is 24.3 Å². The minimum absolute atomic E-state index is 0.0115. The van der Waals surface area contributed by atoms with Gasteiger partial charge in [0, 0.05) is 13.0 Å². The summed E-state index contributed by atoms with van der Waals surface area (Å²) < 4.78 is 0. The molecule has 1 heterocycles. The molecule has 5 nitrogen and oxygen atoms in total. The van der Waals surface area contributed by atoms with Gasteiger partial charge in [-0.25, -0.2) is 4.79 Å². The lowest BCUT2D eigenvalue weighted by molar-refractivity contribution is -0.148. The van der Waals surface area contributed by atoms with Crippen LogP contribution in [-0.4, -0.2) is 45.7 Å². The first kappa shape index (κ1) is 13.5. The van der Waals surface area contributed by atoms with Crippen LogP contribution in [0.4, 0.5) is 0 Å². The summed E-state index contributed by atoms with van der Waals surface area (Å²) in [6.45, 7) is 2.03. The summed E-state index contributed by atoms with van der Waals surface area (Å²) in [5.41, 5.74) is 1.93. The number of aliphatic hydroxyl groups excluding tert-OH is 1. The molecule has 1 amide bonds. The summed E-state index contributed by atoms with van der Waals surface area (Å²) >= 11 is 0. The number of aliphatic hydroxyl groups is 1. The molecule has 2 atom stereocenters. The molecule has 102 valence electrons. The summed E-state index contributed by atoms with van der Waals surface area (Å²) in [6.07, 6.45) is -0.487. The minimum atomic E-state index is -1.04. The fourth-order valence-electron chi connectivity index (χ4n) is 2.41. The molecule has 0 aromatic heterocycles. The van der Waals surface area contributed by atoms with Gasteiger partial charge in [0.15, 0.2) is 0 Å². The van der Waals surface area contributed by atoms with Crippen molar-refractivity contribution in [3.8, 4) is 0 Å². The van der Waals surface area contributed by atoms with E-state index in [0.717, 1.165) is 11.1 Å². The maximum absolute atomic E-state index is 11.7. The van der Waals surface area contributed by atoms with E-state index in [9.17, 15) is 19.8 Å². The molecule has 5 heteroatoms. The molecule has 0 bridgehead atoms. The van der Waals surface area contributed by atoms with Gasteiger partial charge in [-0.05, 0) is 12.5 Å². The van der Waals surface area contributed by atoms with Crippen LogP contribution in [0.2, 0.25) is 0 Å². The second-order valence-corrected chi connectivity index (χ2v) is 4.95. The number of carbonyl (C=O) groups excluding carboxylic acids is 1. The van der Waals surface area contributed by atoms with E-state index in [1.54, 1.807) is 0 Å². The number of nitrogens with zero attached hydrogens (tertiary/aromatic N) is 1. The molecule has 1 aliphatic rings. The van der Waals surface area contributed by atoms with Crippen LogP contribution >= 0.6 is 0 Å². The second-order valence-electron chi connectivity index (χ2n) is 4.95. The third-order valence-electron chi connectivity index (χ3n) is 3.31. The number of carbonyl (C=O) groups is 2. The summed E-state index contributed by atoms with van der Waals surface area (Å²) in [5, 5.41) is 18.7. The Kier molecular flexibility index (Phi) is 3.85. The van der Waals surface area contributed by atoms with Crippen LogP contribution in [0.3, 0.4) is 0 Å². The highest BCUT2D eigenvalue weighted by molar-refractivity contribution is 5.85. The van der Waals surface area contributed by atoms with Crippen molar-refractivity contribution in [3.63, 3.8) is 0 Å². The van der Waals surface area contributed by atoms with Crippen LogP contribution < -0.4 is 0 Å². The Morgan fingerprint density at radius 2 is 2.26 bits per heavy atom. The molecule has 2 N–H and O–H groups in total. The normalized spacial score (nSPS) is 20.6. The molecule has 0 radical (unpaired) electrons. The molecular weight excluding hydrogens is 246 g/mol. The molecule has 0 spiro atoms. The van der Waals surface area contributed by atoms with Crippen molar-refractivity contribution in [3.05, 3.63) is 35.4 Å². The zero-order chi connectivity index (χ0) is 14.0. The van der Waals surface area contributed by atoms with Gasteiger partial charge in [0.1, 0.15) is 6.04 Å². The quantitative estimate of drug-likeness (QED) is 0.833. The van der Waals surface area contributed by atoms with Crippen molar-refractivity contribution in [2.75, 3.05) is 6.54 Å². The second kappa shape index (κ2) is 5.40. The fraction of sp³-hybridized carbons (Fsp3) is 0.429. The smallest absolute Gasteiger partial charge is 0.326 e. The Labute approximate surface area is 111 Å². The van der Waals surface area contributed by atoms with Gasteiger partial charge in [0.2, 0.25) is 5.91 Å². The van der Waals surface area contributed by atoms with E-state index in [2.05, 4.69) is 0 Å². The van der Waals surface area contributed by atoms with Crippen molar-refractivity contribution in [2.24, 2.45) is 0 Å². The molecule has 1 aromatic carbocycles. The minimum Gasteiger partial charge on any atom is -0.480 e. The largest absolute Gasteiger partial charge is 0.480 e. The number of hydrogen-bond acceptors (Lipinski definition) is 3. The lowest BCUT2D eigenvalue weighted by Gasteiger charge is -2.24. The first-order valence-electron chi connectivity index (χ1n) is 6.23. The topological polar surface area (TPSA) is 77.8 Å². The summed E-state index contributed by atoms with van der Waals surface area (Å²) in [4.78, 5) is 24.3. The van der Waals surface area contributed by atoms with Crippen molar-refractivity contribution in [1.29, 1.82) is 0 Å². The summed E-state index contributed by atoms with van der Waals surface area (Å²) in [5.74, 6) is -1.34. The summed E-state index contributed by atoms with van der Waals surface area (Å²) in [7, 11) is 0. The molecule has 1 aliphatic heterocycles. The molecule has 0 saturated carbocycles. The Hall–Kier alpha value is -1.88. The molecular formula is C14H17NO4. The number of amides is 1. The fourth-order valence-corrected chi connectivity index (χ4v) is 2.41. The van der Waals surface area contributed by atoms with E-state index in [1.165, 1.54) is 4.90 Å². The third kappa shape index (κ3) is 3.12. The van der Waals surface area contributed by atoms with Gasteiger partial charge in [0.05, 0.1) is 12.5 Å². The monoisotopic (exact) mass is 263 g/mol. The molecule has 19 heavy (non-hydrogen) atoms. The molecule has 0 aliphatic carbocycles. The molecule has 1 aromatic rings. The van der Waals surface area contributed by atoms with Gasteiger partial charge < -0.3 is 15.1 Å². The van der Waals surface area contributed by atoms with Crippen molar-refractivity contribution in [2.45, 2.75) is 31.9 Å². The highest BCUT2D eigenvalue weighted by Crippen LogP contribution is 2.18. The summed E-state index contributed by atoms with van der Waals surface area (Å²) in [6, 6.07) is 6.65. The van der Waals surface area contributed by atoms with Crippen molar-refractivity contribution in [1.82, 2.24) is 4.90 Å². The first-order valence-corrected chi connectivity index (χ1v) is 6.23. The number of carboxylic acids is 1. The molecule has 1 fully saturated rings. The number of carboxylic acid groups (broad SMARTS) is 1. The number of benzene rings is 1. The number of aryl methyl sites for hydroxylation is 1. The maximum atomic E-state index is 11.7. The number of hydrogen-bond donors (Lipinski definition) is 2. The average Bonchev–Trinajstić information content (AvgIpc) is 2.65. The van der Waals surface area contributed by atoms with Crippen molar-refractivity contribution < 1.29 is 19.8 Å². The van der Waals surface area contributed by atoms with E-state index in [1.807, 2.05) is 31.2 Å². The SMILES string of the molecule is Cc1cccc(C[C@@H](C(=O)O)N2CC(O)CC2=O)c1. The number of β-amino-alcohol motifs (C(OH)–C–C–N with tert-alkyl or cyclic N) is 1. The van der Waals surface area contributed by atoms with Crippen LogP contribution in [0.5, 0.6) is 0 Å². The van der Waals surface area contributed by atoms with E-state index >= 15 is 0 Å². The van der Waals surface area contributed by atoms with E-state index in [4.69, 9.17) is 0 Å². The lowest BCUT2D eigenvalue weighted by atomic mass is 10.0. The van der Waals surface area contributed by atoms with Gasteiger partial charge in [-0.2, -0.15) is 0 Å². The Morgan fingerprint density at radius 3 is 2.79 bits per heavy atom. The predicted octanol–water partition coefficient (Wildman–Crippen LogP) is 0.584. The third-order valence-corrected chi connectivity index (χ3v) is 3.31. The number of rotatable bonds is 4. The Balaban J connectivity index is 2.17. The standard InChI is InChI=1S/C14H17NO4/c1-9-3-2-4-10(5-9)6-12(14(18)19)15-8-11(16)7-13(15)17/h2-5,11-12,16H,6-8H2,1H3,(H,18,19)/t11?,12-/m0/s1. The van der Waals surface area contributed by atoms with Crippen LogP contribution in [0, 0.1) is 6.92 Å². The lowest BCUT2D eigenvalue weighted by Crippen LogP contribution is -2.44. The molecule has 1 saturated heterocycles. The number of likely N-dealkylation sites (tertiary alicyclic amines) is 1. The van der Waals surface area contributed by atoms with Crippen LogP contribution in [0.25, 0.3) is 0 Å². The van der Waals surface area contributed by atoms with E-state index in [0.29, 0.717) is 0 Å². The van der Waals surface area contributed by atoms with Crippen LogP contribution in [-0.2, 0) is 16.0 Å². The van der Waals surface area contributed by atoms with E-state index < -0.39 is 18.1 Å². The molecule has 2 rings (SSSR count). The highest BCUT2D eigenvalue weighted by Gasteiger charge is 2.36. The van der Waals surface area contributed by atoms with Gasteiger partial charge in [-0.15, -0.1) is 0 Å². The Bertz CT molecular complexity index is 500. The van der Waals surface area contributed by atoms with Gasteiger partial charge in [-0.1, -0.05) is 29.8 Å². The van der Waals surface area contributed by atoms with Crippen molar-refractivity contribution >= 4 is 11.9 Å².